The maximum absolute atomic E-state index is 6.07. The van der Waals surface area contributed by atoms with Gasteiger partial charge >= 0.3 is 0 Å². The van der Waals surface area contributed by atoms with E-state index in [9.17, 15) is 0 Å². The first kappa shape index (κ1) is 13.6. The number of nitrogens with two attached hydrogens (primary N) is 1. The van der Waals surface area contributed by atoms with Crippen LogP contribution in [-0.4, -0.2) is 4.98 Å². The van der Waals surface area contributed by atoms with E-state index in [4.69, 9.17) is 22.2 Å². The van der Waals surface area contributed by atoms with Crippen LogP contribution in [0.5, 0.6) is 5.75 Å². The zero-order valence-corrected chi connectivity index (χ0v) is 11.4. The molecule has 0 bridgehead atoms. The molecule has 0 aliphatic heterocycles. The van der Waals surface area contributed by atoms with Gasteiger partial charge in [-0.1, -0.05) is 18.5 Å². The summed E-state index contributed by atoms with van der Waals surface area (Å²) in [6.07, 6.45) is 2.57. The zero-order chi connectivity index (χ0) is 13.7. The predicted octanol–water partition coefficient (Wildman–Crippen LogP) is 3.16. The smallest absolute Gasteiger partial charge is 0.140 e. The van der Waals surface area contributed by atoms with Gasteiger partial charge in [-0.2, -0.15) is 0 Å². The summed E-state index contributed by atoms with van der Waals surface area (Å²) in [5.74, 6) is 6.74. The van der Waals surface area contributed by atoms with Gasteiger partial charge in [0, 0.05) is 11.2 Å². The van der Waals surface area contributed by atoms with Gasteiger partial charge < -0.3 is 10.2 Å². The van der Waals surface area contributed by atoms with Crippen molar-refractivity contribution in [3.05, 3.63) is 52.7 Å². The second-order valence-electron chi connectivity index (χ2n) is 4.09. The van der Waals surface area contributed by atoms with E-state index in [1.165, 1.54) is 0 Å². The van der Waals surface area contributed by atoms with Crippen LogP contribution in [0.15, 0.2) is 36.5 Å². The van der Waals surface area contributed by atoms with E-state index >= 15 is 0 Å². The maximum Gasteiger partial charge on any atom is 0.140 e. The van der Waals surface area contributed by atoms with E-state index in [0.29, 0.717) is 12.4 Å². The molecule has 1 aromatic carbocycles. The Kier molecular flexibility index (Phi) is 4.60. The topological polar surface area (TPSA) is 60.2 Å². The molecule has 0 unspecified atom stereocenters. The largest absolute Gasteiger partial charge is 0.489 e. The van der Waals surface area contributed by atoms with Crippen LogP contribution >= 0.6 is 11.6 Å². The molecule has 0 saturated heterocycles. The highest BCUT2D eigenvalue weighted by Crippen LogP contribution is 2.23. The average molecular weight is 278 g/mol. The van der Waals surface area contributed by atoms with E-state index in [2.05, 4.69) is 17.3 Å². The molecular weight excluding hydrogens is 262 g/mol. The van der Waals surface area contributed by atoms with Gasteiger partial charge in [0.1, 0.15) is 18.2 Å². The quantitative estimate of drug-likeness (QED) is 0.651. The summed E-state index contributed by atoms with van der Waals surface area (Å²) < 4.78 is 5.73. The number of benzene rings is 1. The Hall–Kier alpha value is -1.78. The number of aromatic nitrogens is 1. The number of nitrogens with one attached hydrogen (secondary N) is 1. The molecule has 5 heteroatoms. The monoisotopic (exact) mass is 277 g/mol. The van der Waals surface area contributed by atoms with Crippen molar-refractivity contribution in [3.63, 3.8) is 0 Å². The molecule has 3 N–H and O–H groups in total. The number of halogens is 1. The fraction of sp³-hybridized carbons (Fsp3) is 0.214. The number of hydrogen-bond acceptors (Lipinski definition) is 4. The normalized spacial score (nSPS) is 10.3. The number of aryl methyl sites for hydroxylation is 1. The van der Waals surface area contributed by atoms with Crippen LogP contribution in [0.4, 0.5) is 5.82 Å². The molecular formula is C14H16ClN3O. The van der Waals surface area contributed by atoms with Gasteiger partial charge in [0.15, 0.2) is 0 Å². The van der Waals surface area contributed by atoms with Crippen LogP contribution in [0.25, 0.3) is 0 Å². The van der Waals surface area contributed by atoms with Crippen LogP contribution in [0.3, 0.4) is 0 Å². The molecule has 0 fully saturated rings. The van der Waals surface area contributed by atoms with Crippen LogP contribution in [0.1, 0.15) is 18.1 Å². The fourth-order valence-corrected chi connectivity index (χ4v) is 1.97. The fourth-order valence-electron chi connectivity index (χ4n) is 1.72. The Labute approximate surface area is 117 Å². The number of pyridine rings is 1. The molecule has 2 rings (SSSR count). The molecule has 0 saturated carbocycles. The number of nitrogens with zero attached hydrogens (tertiary/aromatic N) is 1. The Bertz CT molecular complexity index is 560. The minimum absolute atomic E-state index is 0.460. The lowest BCUT2D eigenvalue weighted by Crippen LogP contribution is -2.09. The Balaban J connectivity index is 2.05. The lowest BCUT2D eigenvalue weighted by atomic mass is 10.1. The predicted molar refractivity (Wildman–Crippen MR) is 77.2 cm³/mol. The molecule has 1 heterocycles. The van der Waals surface area contributed by atoms with Gasteiger partial charge in [-0.05, 0) is 47.9 Å². The summed E-state index contributed by atoms with van der Waals surface area (Å²) in [5, 5.41) is 0.772. The second kappa shape index (κ2) is 6.41. The number of hydrogen-bond donors (Lipinski definition) is 2. The molecule has 0 aliphatic carbocycles. The number of rotatable bonds is 5. The summed E-state index contributed by atoms with van der Waals surface area (Å²) in [7, 11) is 0. The molecule has 0 atom stereocenters. The van der Waals surface area contributed by atoms with Gasteiger partial charge in [0.25, 0.3) is 0 Å². The molecule has 0 amide bonds. The first-order valence-corrected chi connectivity index (χ1v) is 6.43. The minimum atomic E-state index is 0.460. The van der Waals surface area contributed by atoms with Gasteiger partial charge in [-0.25, -0.2) is 10.8 Å². The Morgan fingerprint density at radius 3 is 2.89 bits per heavy atom. The van der Waals surface area contributed by atoms with Gasteiger partial charge in [-0.3, -0.25) is 0 Å². The molecule has 0 radical (unpaired) electrons. The summed E-state index contributed by atoms with van der Waals surface area (Å²) in [6.45, 7) is 2.52. The van der Waals surface area contributed by atoms with E-state index in [1.54, 1.807) is 6.20 Å². The Morgan fingerprint density at radius 2 is 2.16 bits per heavy atom. The summed E-state index contributed by atoms with van der Waals surface area (Å²) in [5.41, 5.74) is 4.59. The number of anilines is 1. The third-order valence-corrected chi connectivity index (χ3v) is 3.14. The molecule has 19 heavy (non-hydrogen) atoms. The summed E-state index contributed by atoms with van der Waals surface area (Å²) in [4.78, 5) is 4.04. The van der Waals surface area contributed by atoms with E-state index in [0.717, 1.165) is 28.3 Å². The highest BCUT2D eigenvalue weighted by Gasteiger charge is 2.02. The Morgan fingerprint density at radius 1 is 1.32 bits per heavy atom. The standard InChI is InChI=1S/C14H16ClN3O/c1-2-11-8-12(3-4-13(11)15)19-9-10-5-6-17-14(7-10)18-16/h3-8H,2,9,16H2,1H3,(H,17,18). The molecule has 0 aliphatic rings. The average Bonchev–Trinajstić information content (AvgIpc) is 2.46. The first-order valence-electron chi connectivity index (χ1n) is 6.05. The highest BCUT2D eigenvalue weighted by atomic mass is 35.5. The van der Waals surface area contributed by atoms with Crippen molar-refractivity contribution in [2.75, 3.05) is 5.43 Å². The lowest BCUT2D eigenvalue weighted by molar-refractivity contribution is 0.306. The summed E-state index contributed by atoms with van der Waals surface area (Å²) in [6, 6.07) is 9.42. The van der Waals surface area contributed by atoms with Crippen molar-refractivity contribution < 1.29 is 4.74 Å². The highest BCUT2D eigenvalue weighted by molar-refractivity contribution is 6.31. The number of hydrazine groups is 1. The molecule has 0 spiro atoms. The van der Waals surface area contributed by atoms with Crippen molar-refractivity contribution in [3.8, 4) is 5.75 Å². The molecule has 1 aromatic heterocycles. The van der Waals surface area contributed by atoms with Gasteiger partial charge in [0.2, 0.25) is 0 Å². The maximum atomic E-state index is 6.07. The van der Waals surface area contributed by atoms with Crippen molar-refractivity contribution >= 4 is 17.4 Å². The van der Waals surface area contributed by atoms with E-state index in [1.807, 2.05) is 30.3 Å². The third-order valence-electron chi connectivity index (χ3n) is 2.78. The number of nitrogen functional groups attached to an aromatic ring is 1. The third kappa shape index (κ3) is 3.59. The van der Waals surface area contributed by atoms with Gasteiger partial charge in [-0.15, -0.1) is 0 Å². The van der Waals surface area contributed by atoms with Gasteiger partial charge in [0.05, 0.1) is 0 Å². The van der Waals surface area contributed by atoms with Crippen molar-refractivity contribution in [1.82, 2.24) is 4.98 Å². The van der Waals surface area contributed by atoms with Crippen LogP contribution in [0, 0.1) is 0 Å². The lowest BCUT2D eigenvalue weighted by Gasteiger charge is -2.09. The van der Waals surface area contributed by atoms with Crippen molar-refractivity contribution in [2.24, 2.45) is 5.84 Å². The molecule has 100 valence electrons. The summed E-state index contributed by atoms with van der Waals surface area (Å²) >= 11 is 6.07. The van der Waals surface area contributed by atoms with Crippen LogP contribution in [-0.2, 0) is 13.0 Å². The number of ether oxygens (including phenoxy) is 1. The van der Waals surface area contributed by atoms with Crippen molar-refractivity contribution in [2.45, 2.75) is 20.0 Å². The van der Waals surface area contributed by atoms with E-state index < -0.39 is 0 Å². The van der Waals surface area contributed by atoms with E-state index in [-0.39, 0.29) is 0 Å². The second-order valence-corrected chi connectivity index (χ2v) is 4.50. The van der Waals surface area contributed by atoms with Crippen molar-refractivity contribution in [1.29, 1.82) is 0 Å². The SMILES string of the molecule is CCc1cc(OCc2ccnc(NN)c2)ccc1Cl. The molecule has 4 nitrogen and oxygen atoms in total. The first-order chi connectivity index (χ1) is 9.22. The van der Waals surface area contributed by atoms with Crippen LogP contribution in [0.2, 0.25) is 5.02 Å². The van der Waals surface area contributed by atoms with Crippen LogP contribution < -0.4 is 16.0 Å². The zero-order valence-electron chi connectivity index (χ0n) is 10.7. The molecule has 2 aromatic rings. The minimum Gasteiger partial charge on any atom is -0.489 e.